The fraction of sp³-hybridized carbons (Fsp3) is 0.900. The molecular weight excluding hydrogens is 242 g/mol. The van der Waals surface area contributed by atoms with Crippen LogP contribution in [0.4, 0.5) is 0 Å². The van der Waals surface area contributed by atoms with Gasteiger partial charge in [0.1, 0.15) is 0 Å². The third-order valence-electron chi connectivity index (χ3n) is 2.58. The van der Waals surface area contributed by atoms with E-state index in [4.69, 9.17) is 0 Å². The van der Waals surface area contributed by atoms with Crippen molar-refractivity contribution < 1.29 is 13.2 Å². The highest BCUT2D eigenvalue weighted by Crippen LogP contribution is 2.04. The lowest BCUT2D eigenvalue weighted by molar-refractivity contribution is -0.120. The summed E-state index contributed by atoms with van der Waals surface area (Å²) in [5.41, 5.74) is 0. The topological polar surface area (TPSA) is 78.5 Å². The number of rotatable bonds is 5. The highest BCUT2D eigenvalue weighted by molar-refractivity contribution is 7.89. The first-order chi connectivity index (χ1) is 7.92. The zero-order valence-electron chi connectivity index (χ0n) is 10.4. The van der Waals surface area contributed by atoms with Gasteiger partial charge < -0.3 is 10.6 Å². The van der Waals surface area contributed by atoms with Crippen LogP contribution in [0.3, 0.4) is 0 Å². The van der Waals surface area contributed by atoms with Crippen LogP contribution >= 0.6 is 0 Å². The Bertz CT molecular complexity index is 354. The summed E-state index contributed by atoms with van der Waals surface area (Å²) in [6, 6.07) is 0.276. The number of carbonyl (C=O) groups excluding carboxylic acids is 1. The first-order valence-electron chi connectivity index (χ1n) is 5.90. The summed E-state index contributed by atoms with van der Waals surface area (Å²) in [6.07, 6.45) is 0.247. The molecule has 0 spiro atoms. The van der Waals surface area contributed by atoms with Crippen molar-refractivity contribution >= 4 is 15.9 Å². The zero-order chi connectivity index (χ0) is 12.9. The largest absolute Gasteiger partial charge is 0.355 e. The van der Waals surface area contributed by atoms with Crippen molar-refractivity contribution in [2.75, 3.05) is 31.9 Å². The van der Waals surface area contributed by atoms with Crippen LogP contribution in [0.25, 0.3) is 0 Å². The van der Waals surface area contributed by atoms with Crippen LogP contribution in [0.2, 0.25) is 0 Å². The Labute approximate surface area is 103 Å². The van der Waals surface area contributed by atoms with Crippen molar-refractivity contribution in [1.29, 1.82) is 0 Å². The van der Waals surface area contributed by atoms with Crippen LogP contribution in [0.5, 0.6) is 0 Å². The van der Waals surface area contributed by atoms with Crippen molar-refractivity contribution in [3.8, 4) is 0 Å². The minimum Gasteiger partial charge on any atom is -0.355 e. The van der Waals surface area contributed by atoms with Crippen molar-refractivity contribution in [3.05, 3.63) is 0 Å². The molecule has 17 heavy (non-hydrogen) atoms. The molecule has 7 heteroatoms. The molecule has 1 rings (SSSR count). The Balaban J connectivity index is 2.48. The number of carbonyl (C=O) groups is 1. The smallest absolute Gasteiger partial charge is 0.221 e. The number of nitrogens with zero attached hydrogens (tertiary/aromatic N) is 1. The van der Waals surface area contributed by atoms with E-state index in [-0.39, 0.29) is 30.7 Å². The normalized spacial score (nSPS) is 19.1. The van der Waals surface area contributed by atoms with E-state index in [1.807, 2.05) is 13.8 Å². The molecule has 0 aliphatic carbocycles. The van der Waals surface area contributed by atoms with Crippen molar-refractivity contribution in [3.63, 3.8) is 0 Å². The van der Waals surface area contributed by atoms with E-state index in [1.54, 1.807) is 0 Å². The summed E-state index contributed by atoms with van der Waals surface area (Å²) in [5.74, 6) is 0.00216. The Morgan fingerprint density at radius 3 is 2.76 bits per heavy atom. The maximum Gasteiger partial charge on any atom is 0.221 e. The molecule has 1 amide bonds. The second-order valence-electron chi connectivity index (χ2n) is 4.42. The van der Waals surface area contributed by atoms with Crippen molar-refractivity contribution in [1.82, 2.24) is 14.9 Å². The Morgan fingerprint density at radius 2 is 2.12 bits per heavy atom. The number of nitrogens with one attached hydrogen (secondary N) is 2. The monoisotopic (exact) mass is 263 g/mol. The summed E-state index contributed by atoms with van der Waals surface area (Å²) in [4.78, 5) is 11.1. The SMILES string of the molecule is CC(C)NCCS(=O)(=O)N1CCNC(=O)CC1. The van der Waals surface area contributed by atoms with E-state index in [0.29, 0.717) is 19.6 Å². The molecule has 0 saturated carbocycles. The second-order valence-corrected chi connectivity index (χ2v) is 6.51. The van der Waals surface area contributed by atoms with Gasteiger partial charge in [0, 0.05) is 38.6 Å². The third-order valence-corrected chi connectivity index (χ3v) is 4.45. The summed E-state index contributed by atoms with van der Waals surface area (Å²) in [5, 5.41) is 5.74. The Kier molecular flexibility index (Phi) is 5.35. The number of sulfonamides is 1. The van der Waals surface area contributed by atoms with Gasteiger partial charge in [-0.1, -0.05) is 13.8 Å². The molecule has 100 valence electrons. The highest BCUT2D eigenvalue weighted by atomic mass is 32.2. The molecule has 0 atom stereocenters. The lowest BCUT2D eigenvalue weighted by atomic mass is 10.4. The van der Waals surface area contributed by atoms with E-state index < -0.39 is 10.0 Å². The Hall–Kier alpha value is -0.660. The van der Waals surface area contributed by atoms with Gasteiger partial charge in [-0.2, -0.15) is 4.31 Å². The van der Waals surface area contributed by atoms with Gasteiger partial charge in [-0.15, -0.1) is 0 Å². The van der Waals surface area contributed by atoms with Gasteiger partial charge in [-0.25, -0.2) is 8.42 Å². The fourth-order valence-corrected chi connectivity index (χ4v) is 3.00. The molecule has 0 aromatic carbocycles. The van der Waals surface area contributed by atoms with Gasteiger partial charge in [0.2, 0.25) is 15.9 Å². The van der Waals surface area contributed by atoms with E-state index in [9.17, 15) is 13.2 Å². The van der Waals surface area contributed by atoms with Gasteiger partial charge in [0.15, 0.2) is 0 Å². The van der Waals surface area contributed by atoms with Gasteiger partial charge in [-0.05, 0) is 0 Å². The maximum atomic E-state index is 12.0. The number of amides is 1. The van der Waals surface area contributed by atoms with Crippen LogP contribution in [-0.2, 0) is 14.8 Å². The van der Waals surface area contributed by atoms with Crippen LogP contribution in [0.15, 0.2) is 0 Å². The van der Waals surface area contributed by atoms with E-state index >= 15 is 0 Å². The van der Waals surface area contributed by atoms with Crippen molar-refractivity contribution in [2.24, 2.45) is 0 Å². The molecule has 0 aromatic rings. The predicted octanol–water partition coefficient (Wildman–Crippen LogP) is -0.864. The first-order valence-corrected chi connectivity index (χ1v) is 7.50. The second kappa shape index (κ2) is 6.32. The van der Waals surface area contributed by atoms with E-state index in [2.05, 4.69) is 10.6 Å². The van der Waals surface area contributed by atoms with Gasteiger partial charge in [0.05, 0.1) is 5.75 Å². The number of hydrogen-bond donors (Lipinski definition) is 2. The van der Waals surface area contributed by atoms with Gasteiger partial charge in [0.25, 0.3) is 0 Å². The van der Waals surface area contributed by atoms with Gasteiger partial charge in [-0.3, -0.25) is 4.79 Å². The predicted molar refractivity (Wildman–Crippen MR) is 66.1 cm³/mol. The molecule has 1 fully saturated rings. The molecular formula is C10H21N3O3S. The van der Waals surface area contributed by atoms with Crippen LogP contribution < -0.4 is 10.6 Å². The molecule has 1 aliphatic rings. The molecule has 0 unspecified atom stereocenters. The van der Waals surface area contributed by atoms with E-state index in [1.165, 1.54) is 4.31 Å². The van der Waals surface area contributed by atoms with E-state index in [0.717, 1.165) is 0 Å². The summed E-state index contributed by atoms with van der Waals surface area (Å²) >= 11 is 0. The quantitative estimate of drug-likeness (QED) is 0.676. The standard InChI is InChI=1S/C10H21N3O3S/c1-9(2)11-5-8-17(15,16)13-6-3-10(14)12-4-7-13/h9,11H,3-8H2,1-2H3,(H,12,14). The van der Waals surface area contributed by atoms with Crippen LogP contribution in [-0.4, -0.2) is 56.6 Å². The lowest BCUT2D eigenvalue weighted by Crippen LogP contribution is -2.39. The molecule has 2 N–H and O–H groups in total. The lowest BCUT2D eigenvalue weighted by Gasteiger charge is -2.19. The maximum absolute atomic E-state index is 12.0. The van der Waals surface area contributed by atoms with Gasteiger partial charge >= 0.3 is 0 Å². The zero-order valence-corrected chi connectivity index (χ0v) is 11.2. The van der Waals surface area contributed by atoms with Crippen LogP contribution in [0.1, 0.15) is 20.3 Å². The minimum atomic E-state index is -3.25. The first kappa shape index (κ1) is 14.4. The minimum absolute atomic E-state index is 0.0806. The molecule has 0 radical (unpaired) electrons. The molecule has 1 saturated heterocycles. The van der Waals surface area contributed by atoms with Crippen molar-refractivity contribution in [2.45, 2.75) is 26.3 Å². The average Bonchev–Trinajstić information content (AvgIpc) is 2.42. The fourth-order valence-electron chi connectivity index (χ4n) is 1.63. The molecule has 6 nitrogen and oxygen atoms in total. The summed E-state index contributed by atoms with van der Waals surface area (Å²) in [6.45, 7) is 5.45. The Morgan fingerprint density at radius 1 is 1.41 bits per heavy atom. The summed E-state index contributed by atoms with van der Waals surface area (Å²) in [7, 11) is -3.25. The summed E-state index contributed by atoms with van der Waals surface area (Å²) < 4.78 is 25.3. The average molecular weight is 263 g/mol. The molecule has 0 aromatic heterocycles. The number of hydrogen-bond acceptors (Lipinski definition) is 4. The molecule has 1 aliphatic heterocycles. The third kappa shape index (κ3) is 5.01. The molecule has 0 bridgehead atoms. The molecule has 1 heterocycles. The highest BCUT2D eigenvalue weighted by Gasteiger charge is 2.24. The van der Waals surface area contributed by atoms with Crippen LogP contribution in [0, 0.1) is 0 Å².